The molecule has 17 heavy (non-hydrogen) atoms. The first-order chi connectivity index (χ1) is 8.04. The second-order valence-electron chi connectivity index (χ2n) is 3.09. The molecule has 0 radical (unpaired) electrons. The number of nitrogens with two attached hydrogens (primary N) is 1. The maximum absolute atomic E-state index is 12.3. The molecule has 0 aromatic carbocycles. The Balaban J connectivity index is 2.44. The van der Waals surface area contributed by atoms with Crippen LogP contribution in [0.5, 0.6) is 0 Å². The number of anilines is 1. The van der Waals surface area contributed by atoms with Gasteiger partial charge < -0.3 is 15.8 Å². The number of hydrogen-bond donors (Lipinski definition) is 2. The first kappa shape index (κ1) is 13.7. The van der Waals surface area contributed by atoms with Crippen molar-refractivity contribution >= 4 is 5.95 Å². The molecule has 0 amide bonds. The fourth-order valence-electron chi connectivity index (χ4n) is 1.02. The molecule has 0 aliphatic rings. The number of halogens is 3. The second-order valence-corrected chi connectivity index (χ2v) is 3.09. The lowest BCUT2D eigenvalue weighted by atomic mass is 10.4. The van der Waals surface area contributed by atoms with Crippen molar-refractivity contribution in [2.45, 2.75) is 6.18 Å². The highest BCUT2D eigenvalue weighted by molar-refractivity contribution is 5.25. The standard InChI is InChI=1S/C9H13F3N4O/c10-9(11,12)7-1-3-14-8(16-7)15-4-6-17-5-2-13/h1,3H,2,4-6,13H2,(H,14,15,16). The Morgan fingerprint density at radius 1 is 1.35 bits per heavy atom. The summed E-state index contributed by atoms with van der Waals surface area (Å²) < 4.78 is 41.9. The molecule has 1 heterocycles. The number of aromatic nitrogens is 2. The summed E-state index contributed by atoms with van der Waals surface area (Å²) in [5, 5.41) is 2.63. The van der Waals surface area contributed by atoms with Crippen LogP contribution < -0.4 is 11.1 Å². The molecule has 0 aliphatic heterocycles. The van der Waals surface area contributed by atoms with Crippen molar-refractivity contribution in [2.24, 2.45) is 5.73 Å². The van der Waals surface area contributed by atoms with Gasteiger partial charge in [0.15, 0.2) is 0 Å². The molecule has 8 heteroatoms. The fourth-order valence-corrected chi connectivity index (χ4v) is 1.02. The van der Waals surface area contributed by atoms with Crippen molar-refractivity contribution < 1.29 is 17.9 Å². The third-order valence-corrected chi connectivity index (χ3v) is 1.74. The highest BCUT2D eigenvalue weighted by Crippen LogP contribution is 2.27. The molecule has 0 atom stereocenters. The molecule has 1 rings (SSSR count). The molecule has 1 aromatic rings. The van der Waals surface area contributed by atoms with Gasteiger partial charge in [0.25, 0.3) is 0 Å². The number of rotatable bonds is 6. The van der Waals surface area contributed by atoms with Gasteiger partial charge in [-0.2, -0.15) is 13.2 Å². The number of ether oxygens (including phenoxy) is 1. The Kier molecular flexibility index (Phi) is 5.11. The molecular weight excluding hydrogens is 237 g/mol. The van der Waals surface area contributed by atoms with Crippen molar-refractivity contribution in [3.8, 4) is 0 Å². The summed E-state index contributed by atoms with van der Waals surface area (Å²) in [6.45, 7) is 1.46. The molecule has 0 bridgehead atoms. The molecule has 3 N–H and O–H groups in total. The Labute approximate surface area is 96.2 Å². The van der Waals surface area contributed by atoms with Gasteiger partial charge in [0.2, 0.25) is 5.95 Å². The van der Waals surface area contributed by atoms with Crippen LogP contribution in [0.1, 0.15) is 5.69 Å². The minimum Gasteiger partial charge on any atom is -0.378 e. The summed E-state index contributed by atoms with van der Waals surface area (Å²) in [4.78, 5) is 7.00. The predicted molar refractivity (Wildman–Crippen MR) is 55.4 cm³/mol. The zero-order chi connectivity index (χ0) is 12.7. The van der Waals surface area contributed by atoms with Crippen molar-refractivity contribution in [3.63, 3.8) is 0 Å². The molecule has 0 fully saturated rings. The van der Waals surface area contributed by atoms with Gasteiger partial charge in [0, 0.05) is 19.3 Å². The van der Waals surface area contributed by atoms with Gasteiger partial charge in [-0.1, -0.05) is 0 Å². The largest absolute Gasteiger partial charge is 0.433 e. The van der Waals surface area contributed by atoms with Gasteiger partial charge in [-0.05, 0) is 6.07 Å². The van der Waals surface area contributed by atoms with E-state index >= 15 is 0 Å². The van der Waals surface area contributed by atoms with Crippen LogP contribution in [0.2, 0.25) is 0 Å². The predicted octanol–water partition coefficient (Wildman–Crippen LogP) is 0.883. The Hall–Kier alpha value is -1.41. The average Bonchev–Trinajstić information content (AvgIpc) is 2.28. The van der Waals surface area contributed by atoms with E-state index in [9.17, 15) is 13.2 Å². The Bertz CT molecular complexity index is 345. The number of nitrogens with one attached hydrogen (secondary N) is 1. The van der Waals surface area contributed by atoms with E-state index < -0.39 is 11.9 Å². The van der Waals surface area contributed by atoms with E-state index in [4.69, 9.17) is 10.5 Å². The maximum Gasteiger partial charge on any atom is 0.433 e. The second kappa shape index (κ2) is 6.36. The molecule has 0 aliphatic carbocycles. The number of nitrogens with zero attached hydrogens (tertiary/aromatic N) is 2. The zero-order valence-electron chi connectivity index (χ0n) is 9.00. The average molecular weight is 250 g/mol. The minimum absolute atomic E-state index is 0.0730. The zero-order valence-corrected chi connectivity index (χ0v) is 9.00. The van der Waals surface area contributed by atoms with E-state index in [1.54, 1.807) is 0 Å². The molecule has 1 aromatic heterocycles. The van der Waals surface area contributed by atoms with Crippen LogP contribution in [-0.4, -0.2) is 36.3 Å². The number of alkyl halides is 3. The van der Waals surface area contributed by atoms with E-state index in [1.165, 1.54) is 0 Å². The van der Waals surface area contributed by atoms with Crippen molar-refractivity contribution in [2.75, 3.05) is 31.6 Å². The van der Waals surface area contributed by atoms with E-state index in [1.807, 2.05) is 0 Å². The first-order valence-electron chi connectivity index (χ1n) is 4.96. The van der Waals surface area contributed by atoms with E-state index in [0.29, 0.717) is 26.3 Å². The lowest BCUT2D eigenvalue weighted by Gasteiger charge is -2.08. The molecule has 0 unspecified atom stereocenters. The number of hydrogen-bond acceptors (Lipinski definition) is 5. The SMILES string of the molecule is NCCOCCNc1nccc(C(F)(F)F)n1. The van der Waals surface area contributed by atoms with Crippen LogP contribution in [0.4, 0.5) is 19.1 Å². The van der Waals surface area contributed by atoms with E-state index in [2.05, 4.69) is 15.3 Å². The van der Waals surface area contributed by atoms with Crippen molar-refractivity contribution in [1.29, 1.82) is 0 Å². The fraction of sp³-hybridized carbons (Fsp3) is 0.556. The normalized spacial score (nSPS) is 11.5. The van der Waals surface area contributed by atoms with Crippen molar-refractivity contribution in [3.05, 3.63) is 18.0 Å². The third kappa shape index (κ3) is 4.96. The van der Waals surface area contributed by atoms with E-state index in [-0.39, 0.29) is 5.95 Å². The van der Waals surface area contributed by atoms with Crippen molar-refractivity contribution in [1.82, 2.24) is 9.97 Å². The van der Waals surface area contributed by atoms with E-state index in [0.717, 1.165) is 12.3 Å². The molecule has 0 saturated carbocycles. The molecule has 5 nitrogen and oxygen atoms in total. The topological polar surface area (TPSA) is 73.1 Å². The highest BCUT2D eigenvalue weighted by Gasteiger charge is 2.32. The lowest BCUT2D eigenvalue weighted by molar-refractivity contribution is -0.141. The molecular formula is C9H13F3N4O. The molecule has 0 spiro atoms. The smallest absolute Gasteiger partial charge is 0.378 e. The molecule has 96 valence electrons. The minimum atomic E-state index is -4.46. The van der Waals surface area contributed by atoms with Crippen LogP contribution in [0, 0.1) is 0 Å². The van der Waals surface area contributed by atoms with Gasteiger partial charge in [-0.3, -0.25) is 0 Å². The van der Waals surface area contributed by atoms with Crippen LogP contribution in [-0.2, 0) is 10.9 Å². The first-order valence-corrected chi connectivity index (χ1v) is 4.96. The summed E-state index contributed by atoms with van der Waals surface area (Å²) in [6, 6.07) is 0.816. The Morgan fingerprint density at radius 3 is 2.76 bits per heavy atom. The maximum atomic E-state index is 12.3. The third-order valence-electron chi connectivity index (χ3n) is 1.74. The summed E-state index contributed by atoms with van der Waals surface area (Å²) in [6.07, 6.45) is -3.41. The monoisotopic (exact) mass is 250 g/mol. The van der Waals surface area contributed by atoms with Gasteiger partial charge in [0.1, 0.15) is 5.69 Å². The highest BCUT2D eigenvalue weighted by atomic mass is 19.4. The summed E-state index contributed by atoms with van der Waals surface area (Å²) in [7, 11) is 0. The Morgan fingerprint density at radius 2 is 2.12 bits per heavy atom. The van der Waals surface area contributed by atoms with Gasteiger partial charge >= 0.3 is 6.18 Å². The van der Waals surface area contributed by atoms with Gasteiger partial charge in [-0.15, -0.1) is 0 Å². The quantitative estimate of drug-likeness (QED) is 0.733. The van der Waals surface area contributed by atoms with Gasteiger partial charge in [-0.25, -0.2) is 9.97 Å². The van der Waals surface area contributed by atoms with Crippen LogP contribution in [0.15, 0.2) is 12.3 Å². The summed E-state index contributed by atoms with van der Waals surface area (Å²) >= 11 is 0. The van der Waals surface area contributed by atoms with Gasteiger partial charge in [0.05, 0.1) is 13.2 Å². The summed E-state index contributed by atoms with van der Waals surface area (Å²) in [5.74, 6) is -0.0730. The van der Waals surface area contributed by atoms with Crippen LogP contribution in [0.3, 0.4) is 0 Å². The summed E-state index contributed by atoms with van der Waals surface area (Å²) in [5.41, 5.74) is 4.22. The molecule has 0 saturated heterocycles. The van der Waals surface area contributed by atoms with Crippen LogP contribution in [0.25, 0.3) is 0 Å². The van der Waals surface area contributed by atoms with Crippen LogP contribution >= 0.6 is 0 Å². The lowest BCUT2D eigenvalue weighted by Crippen LogP contribution is -2.16.